The van der Waals surface area contributed by atoms with Crippen molar-refractivity contribution in [2.24, 2.45) is 0 Å². The van der Waals surface area contributed by atoms with Crippen molar-refractivity contribution in [1.29, 1.82) is 0 Å². The molecule has 1 atom stereocenters. The highest BCUT2D eigenvalue weighted by Crippen LogP contribution is 2.36. The average molecular weight is 509 g/mol. The number of fused-ring (bicyclic) bond motifs is 1. The molecule has 1 unspecified atom stereocenters. The van der Waals surface area contributed by atoms with Crippen molar-refractivity contribution in [2.75, 3.05) is 29.4 Å². The number of piperazine rings is 1. The highest BCUT2D eigenvalue weighted by atomic mass is 79.9. The zero-order chi connectivity index (χ0) is 20.9. The first-order valence-corrected chi connectivity index (χ1v) is 10.3. The van der Waals surface area contributed by atoms with E-state index in [1.807, 2.05) is 11.8 Å². The van der Waals surface area contributed by atoms with Gasteiger partial charge in [0.15, 0.2) is 0 Å². The van der Waals surface area contributed by atoms with E-state index in [-0.39, 0.29) is 6.04 Å². The molecule has 5 nitrogen and oxygen atoms in total. The largest absolute Gasteiger partial charge is 0.416 e. The van der Waals surface area contributed by atoms with Crippen LogP contribution in [0.15, 0.2) is 28.9 Å². The van der Waals surface area contributed by atoms with Crippen LogP contribution in [0.5, 0.6) is 0 Å². The van der Waals surface area contributed by atoms with Gasteiger partial charge >= 0.3 is 6.18 Å². The van der Waals surface area contributed by atoms with Crippen LogP contribution in [0, 0.1) is 0 Å². The fourth-order valence-electron chi connectivity index (χ4n) is 3.47. The molecule has 1 fully saturated rings. The number of nitrogens with zero attached hydrogens (tertiary/aromatic N) is 4. The molecule has 0 amide bonds. The summed E-state index contributed by atoms with van der Waals surface area (Å²) < 4.78 is 39.6. The number of aromatic nitrogens is 3. The first-order valence-electron chi connectivity index (χ1n) is 8.72. The second kappa shape index (κ2) is 7.52. The van der Waals surface area contributed by atoms with Gasteiger partial charge in [-0.05, 0) is 41.1 Å². The van der Waals surface area contributed by atoms with Crippen molar-refractivity contribution in [3.63, 3.8) is 0 Å². The summed E-state index contributed by atoms with van der Waals surface area (Å²) in [6, 6.07) is 3.80. The zero-order valence-electron chi connectivity index (χ0n) is 15.1. The number of nitrogens with one attached hydrogen (secondary N) is 1. The van der Waals surface area contributed by atoms with Gasteiger partial charge in [-0.3, -0.25) is 0 Å². The number of rotatable bonds is 2. The molecule has 0 aliphatic carbocycles. The van der Waals surface area contributed by atoms with Crippen molar-refractivity contribution < 1.29 is 13.2 Å². The topological polar surface area (TPSA) is 48.1 Å². The minimum atomic E-state index is -4.42. The quantitative estimate of drug-likeness (QED) is 0.478. The number of benzene rings is 1. The van der Waals surface area contributed by atoms with Gasteiger partial charge in [-0.15, -0.1) is 0 Å². The Labute approximate surface area is 182 Å². The molecular formula is C18H15BrCl2F3N5. The Morgan fingerprint density at radius 3 is 2.62 bits per heavy atom. The van der Waals surface area contributed by atoms with E-state index in [9.17, 15) is 13.2 Å². The van der Waals surface area contributed by atoms with Gasteiger partial charge in [0.1, 0.15) is 11.3 Å². The normalized spacial score (nSPS) is 18.0. The van der Waals surface area contributed by atoms with Gasteiger partial charge in [0.2, 0.25) is 5.95 Å². The number of aromatic amines is 1. The lowest BCUT2D eigenvalue weighted by Gasteiger charge is -2.40. The molecule has 0 saturated carbocycles. The second-order valence-electron chi connectivity index (χ2n) is 6.86. The second-order valence-corrected chi connectivity index (χ2v) is 8.56. The van der Waals surface area contributed by atoms with Crippen molar-refractivity contribution in [3.05, 3.63) is 44.5 Å². The van der Waals surface area contributed by atoms with Gasteiger partial charge in [-0.1, -0.05) is 23.2 Å². The summed E-state index contributed by atoms with van der Waals surface area (Å²) in [7, 11) is 0. The number of hydrogen-bond acceptors (Lipinski definition) is 4. The molecular weight excluding hydrogens is 494 g/mol. The molecule has 0 radical (unpaired) electrons. The fourth-order valence-corrected chi connectivity index (χ4v) is 4.52. The van der Waals surface area contributed by atoms with Gasteiger partial charge in [0.05, 0.1) is 21.1 Å². The molecule has 3 heterocycles. The lowest BCUT2D eigenvalue weighted by atomic mass is 10.2. The molecule has 0 bridgehead atoms. The Kier molecular flexibility index (Phi) is 5.33. The van der Waals surface area contributed by atoms with Gasteiger partial charge < -0.3 is 14.8 Å². The number of hydrogen-bond donors (Lipinski definition) is 1. The van der Waals surface area contributed by atoms with Gasteiger partial charge in [-0.2, -0.15) is 13.2 Å². The number of imidazole rings is 1. The molecule has 1 aliphatic rings. The van der Waals surface area contributed by atoms with E-state index in [0.29, 0.717) is 57.0 Å². The molecule has 2 aromatic heterocycles. The summed E-state index contributed by atoms with van der Waals surface area (Å²) in [5.41, 5.74) is 0.0668. The summed E-state index contributed by atoms with van der Waals surface area (Å²) in [6.07, 6.45) is -2.87. The summed E-state index contributed by atoms with van der Waals surface area (Å²) in [5, 5.41) is 0.946. The average Bonchev–Trinajstić information content (AvgIpc) is 3.05. The Balaban J connectivity index is 1.60. The highest BCUT2D eigenvalue weighted by molar-refractivity contribution is 9.10. The first kappa shape index (κ1) is 20.6. The maximum absolute atomic E-state index is 13.1. The summed E-state index contributed by atoms with van der Waals surface area (Å²) in [6.45, 7) is 3.87. The van der Waals surface area contributed by atoms with Crippen LogP contribution in [0.2, 0.25) is 10.0 Å². The van der Waals surface area contributed by atoms with E-state index in [0.717, 1.165) is 12.1 Å². The maximum Gasteiger partial charge on any atom is 0.416 e. The van der Waals surface area contributed by atoms with Crippen molar-refractivity contribution in [2.45, 2.75) is 19.1 Å². The van der Waals surface area contributed by atoms with Crippen LogP contribution in [0.4, 0.5) is 24.9 Å². The van der Waals surface area contributed by atoms with Crippen LogP contribution < -0.4 is 9.80 Å². The molecule has 1 N–H and O–H groups in total. The first-order chi connectivity index (χ1) is 13.6. The SMILES string of the molecule is CC1CN(c2ncc(Cl)cc2Cl)CCN1c1nc2c(Br)cc(C(F)(F)F)cc2[nH]1. The molecule has 154 valence electrons. The Hall–Kier alpha value is -1.71. The van der Waals surface area contributed by atoms with Gasteiger partial charge in [0, 0.05) is 36.3 Å². The predicted molar refractivity (Wildman–Crippen MR) is 112 cm³/mol. The third kappa shape index (κ3) is 4.00. The monoisotopic (exact) mass is 507 g/mol. The van der Waals surface area contributed by atoms with Crippen LogP contribution in [0.1, 0.15) is 12.5 Å². The van der Waals surface area contributed by atoms with Crippen molar-refractivity contribution >= 4 is 61.9 Å². The van der Waals surface area contributed by atoms with Crippen molar-refractivity contribution in [3.8, 4) is 0 Å². The molecule has 29 heavy (non-hydrogen) atoms. The van der Waals surface area contributed by atoms with Crippen LogP contribution in [0.25, 0.3) is 11.0 Å². The molecule has 1 saturated heterocycles. The van der Waals surface area contributed by atoms with E-state index in [4.69, 9.17) is 23.2 Å². The summed E-state index contributed by atoms with van der Waals surface area (Å²) in [4.78, 5) is 15.9. The lowest BCUT2D eigenvalue weighted by Crippen LogP contribution is -2.52. The molecule has 0 spiro atoms. The van der Waals surface area contributed by atoms with E-state index in [2.05, 4.69) is 35.8 Å². The number of halogens is 6. The third-order valence-corrected chi connectivity index (χ3v) is 5.93. The van der Waals surface area contributed by atoms with Crippen LogP contribution in [0.3, 0.4) is 0 Å². The van der Waals surface area contributed by atoms with Crippen LogP contribution >= 0.6 is 39.1 Å². The van der Waals surface area contributed by atoms with E-state index >= 15 is 0 Å². The van der Waals surface area contributed by atoms with Crippen LogP contribution in [-0.2, 0) is 6.18 Å². The smallest absolute Gasteiger partial charge is 0.352 e. The maximum atomic E-state index is 13.1. The van der Waals surface area contributed by atoms with E-state index < -0.39 is 11.7 Å². The molecule has 11 heteroatoms. The molecule has 3 aromatic rings. The van der Waals surface area contributed by atoms with E-state index in [1.54, 1.807) is 12.3 Å². The van der Waals surface area contributed by atoms with E-state index in [1.165, 1.54) is 0 Å². The third-order valence-electron chi connectivity index (χ3n) is 4.84. The fraction of sp³-hybridized carbons (Fsp3) is 0.333. The summed E-state index contributed by atoms with van der Waals surface area (Å²) >= 11 is 15.4. The number of anilines is 2. The Morgan fingerprint density at radius 2 is 1.97 bits per heavy atom. The minimum Gasteiger partial charge on any atom is -0.352 e. The lowest BCUT2D eigenvalue weighted by molar-refractivity contribution is -0.137. The number of H-pyrrole nitrogens is 1. The number of pyridine rings is 1. The predicted octanol–water partition coefficient (Wildman–Crippen LogP) is 5.76. The Morgan fingerprint density at radius 1 is 1.21 bits per heavy atom. The van der Waals surface area contributed by atoms with Gasteiger partial charge in [-0.25, -0.2) is 9.97 Å². The standard InChI is InChI=1S/C18H15BrCl2F3N5/c1-9-8-28(16-13(21)6-11(20)7-25-16)2-3-29(9)17-26-14-5-10(18(22,23)24)4-12(19)15(14)27-17/h4-7,9H,2-3,8H2,1H3,(H,26,27). The number of alkyl halides is 3. The van der Waals surface area contributed by atoms with Gasteiger partial charge in [0.25, 0.3) is 0 Å². The minimum absolute atomic E-state index is 0.0266. The van der Waals surface area contributed by atoms with Crippen LogP contribution in [-0.4, -0.2) is 40.6 Å². The molecule has 4 rings (SSSR count). The highest BCUT2D eigenvalue weighted by Gasteiger charge is 2.32. The Bertz CT molecular complexity index is 1070. The molecule has 1 aromatic carbocycles. The summed E-state index contributed by atoms with van der Waals surface area (Å²) in [5.74, 6) is 1.19. The van der Waals surface area contributed by atoms with Crippen molar-refractivity contribution in [1.82, 2.24) is 15.0 Å². The molecule has 1 aliphatic heterocycles. The zero-order valence-corrected chi connectivity index (χ0v) is 18.2.